The minimum absolute atomic E-state index is 0.118. The molecule has 2 rings (SSSR count). The van der Waals surface area contributed by atoms with Gasteiger partial charge in [0.15, 0.2) is 5.12 Å². The van der Waals surface area contributed by atoms with E-state index in [0.717, 1.165) is 18.5 Å². The standard InChI is InChI=1S/C13H13NOS/c1-10(15)16-8-2-3-11-4-5-13-12(9-11)6-7-14-13/h4-5,9,14H,6-8H2,1H3. The molecule has 16 heavy (non-hydrogen) atoms. The van der Waals surface area contributed by atoms with Crippen molar-refractivity contribution in [2.24, 2.45) is 0 Å². The zero-order valence-electron chi connectivity index (χ0n) is 9.17. The van der Waals surface area contributed by atoms with Crippen molar-refractivity contribution < 1.29 is 4.79 Å². The maximum Gasteiger partial charge on any atom is 0.186 e. The minimum atomic E-state index is 0.118. The highest BCUT2D eigenvalue weighted by Crippen LogP contribution is 2.22. The van der Waals surface area contributed by atoms with Gasteiger partial charge in [-0.1, -0.05) is 23.6 Å². The van der Waals surface area contributed by atoms with Gasteiger partial charge in [0, 0.05) is 24.7 Å². The fraction of sp³-hybridized carbons (Fsp3) is 0.308. The van der Waals surface area contributed by atoms with Crippen molar-refractivity contribution in [1.82, 2.24) is 0 Å². The molecule has 1 N–H and O–H groups in total. The van der Waals surface area contributed by atoms with Gasteiger partial charge in [0.05, 0.1) is 5.75 Å². The molecule has 0 bridgehead atoms. The smallest absolute Gasteiger partial charge is 0.186 e. The maximum atomic E-state index is 10.7. The van der Waals surface area contributed by atoms with Crippen molar-refractivity contribution in [1.29, 1.82) is 0 Å². The van der Waals surface area contributed by atoms with Gasteiger partial charge in [-0.05, 0) is 30.2 Å². The number of fused-ring (bicyclic) bond motifs is 1. The Morgan fingerprint density at radius 1 is 1.56 bits per heavy atom. The number of rotatable bonds is 1. The van der Waals surface area contributed by atoms with E-state index in [1.54, 1.807) is 6.92 Å². The summed E-state index contributed by atoms with van der Waals surface area (Å²) in [6.07, 6.45) is 1.08. The van der Waals surface area contributed by atoms with Gasteiger partial charge in [0.2, 0.25) is 0 Å². The third-order valence-electron chi connectivity index (χ3n) is 2.40. The van der Waals surface area contributed by atoms with Crippen LogP contribution in [-0.4, -0.2) is 17.4 Å². The number of anilines is 1. The summed E-state index contributed by atoms with van der Waals surface area (Å²) in [5.74, 6) is 6.65. The van der Waals surface area contributed by atoms with E-state index in [4.69, 9.17) is 0 Å². The van der Waals surface area contributed by atoms with Crippen LogP contribution in [-0.2, 0) is 11.2 Å². The molecule has 1 aromatic carbocycles. The Balaban J connectivity index is 2.02. The van der Waals surface area contributed by atoms with Crippen molar-refractivity contribution in [3.05, 3.63) is 29.3 Å². The van der Waals surface area contributed by atoms with Gasteiger partial charge in [0.25, 0.3) is 0 Å². The number of hydrogen-bond acceptors (Lipinski definition) is 3. The lowest BCUT2D eigenvalue weighted by Gasteiger charge is -1.98. The van der Waals surface area contributed by atoms with Crippen molar-refractivity contribution in [3.8, 4) is 11.8 Å². The normalized spacial score (nSPS) is 12.3. The minimum Gasteiger partial charge on any atom is -0.384 e. The van der Waals surface area contributed by atoms with Gasteiger partial charge in [-0.15, -0.1) is 0 Å². The maximum absolute atomic E-state index is 10.7. The van der Waals surface area contributed by atoms with E-state index in [1.807, 2.05) is 6.07 Å². The van der Waals surface area contributed by atoms with Crippen LogP contribution in [0.5, 0.6) is 0 Å². The molecule has 0 aromatic heterocycles. The van der Waals surface area contributed by atoms with Gasteiger partial charge in [0.1, 0.15) is 0 Å². The van der Waals surface area contributed by atoms with Crippen LogP contribution in [0.15, 0.2) is 18.2 Å². The first-order valence-electron chi connectivity index (χ1n) is 5.25. The summed E-state index contributed by atoms with van der Waals surface area (Å²) in [5, 5.41) is 3.43. The number of carbonyl (C=O) groups excluding carboxylic acids is 1. The second-order valence-electron chi connectivity index (χ2n) is 3.63. The van der Waals surface area contributed by atoms with Gasteiger partial charge < -0.3 is 5.32 Å². The van der Waals surface area contributed by atoms with E-state index in [9.17, 15) is 4.79 Å². The molecule has 82 valence electrons. The van der Waals surface area contributed by atoms with E-state index >= 15 is 0 Å². The molecule has 1 heterocycles. The molecule has 0 atom stereocenters. The second-order valence-corrected chi connectivity index (χ2v) is 4.78. The van der Waals surface area contributed by atoms with Crippen LogP contribution in [0.3, 0.4) is 0 Å². The number of benzene rings is 1. The van der Waals surface area contributed by atoms with Crippen LogP contribution in [0.1, 0.15) is 18.1 Å². The molecule has 0 unspecified atom stereocenters. The lowest BCUT2D eigenvalue weighted by molar-refractivity contribution is -0.109. The summed E-state index contributed by atoms with van der Waals surface area (Å²) in [6.45, 7) is 2.58. The average Bonchev–Trinajstić information content (AvgIpc) is 2.71. The zero-order chi connectivity index (χ0) is 11.4. The number of nitrogens with one attached hydrogen (secondary N) is 1. The lowest BCUT2D eigenvalue weighted by atomic mass is 10.1. The Morgan fingerprint density at radius 3 is 3.25 bits per heavy atom. The summed E-state index contributed by atoms with van der Waals surface area (Å²) in [6, 6.07) is 6.22. The van der Waals surface area contributed by atoms with E-state index in [0.29, 0.717) is 5.75 Å². The zero-order valence-corrected chi connectivity index (χ0v) is 9.99. The molecule has 2 nitrogen and oxygen atoms in total. The van der Waals surface area contributed by atoms with Crippen molar-refractivity contribution >= 4 is 22.6 Å². The Morgan fingerprint density at radius 2 is 2.44 bits per heavy atom. The van der Waals surface area contributed by atoms with Crippen LogP contribution in [0.25, 0.3) is 0 Å². The highest BCUT2D eigenvalue weighted by atomic mass is 32.2. The Kier molecular flexibility index (Phi) is 3.53. The topological polar surface area (TPSA) is 29.1 Å². The first kappa shape index (κ1) is 11.1. The monoisotopic (exact) mass is 231 g/mol. The predicted molar refractivity (Wildman–Crippen MR) is 68.7 cm³/mol. The van der Waals surface area contributed by atoms with Crippen molar-refractivity contribution in [2.75, 3.05) is 17.6 Å². The molecule has 3 heteroatoms. The second kappa shape index (κ2) is 5.09. The van der Waals surface area contributed by atoms with Gasteiger partial charge in [-0.3, -0.25) is 4.79 Å². The van der Waals surface area contributed by atoms with E-state index in [1.165, 1.54) is 23.0 Å². The quantitative estimate of drug-likeness (QED) is 0.752. The molecule has 0 spiro atoms. The van der Waals surface area contributed by atoms with Crippen LogP contribution in [0.2, 0.25) is 0 Å². The average molecular weight is 231 g/mol. The van der Waals surface area contributed by atoms with Crippen LogP contribution < -0.4 is 5.32 Å². The summed E-state index contributed by atoms with van der Waals surface area (Å²) in [4.78, 5) is 10.7. The molecule has 1 aliphatic heterocycles. The Labute approximate surface area is 99.8 Å². The third kappa shape index (κ3) is 2.80. The van der Waals surface area contributed by atoms with Crippen LogP contribution in [0, 0.1) is 11.8 Å². The molecular weight excluding hydrogens is 218 g/mol. The molecular formula is C13H13NOS. The molecule has 0 saturated carbocycles. The largest absolute Gasteiger partial charge is 0.384 e. The molecule has 0 aliphatic carbocycles. The molecule has 0 saturated heterocycles. The van der Waals surface area contributed by atoms with Gasteiger partial charge in [-0.2, -0.15) is 0 Å². The summed E-state index contributed by atoms with van der Waals surface area (Å²) < 4.78 is 0. The lowest BCUT2D eigenvalue weighted by Crippen LogP contribution is -1.90. The summed E-state index contributed by atoms with van der Waals surface area (Å²) in [7, 11) is 0. The molecule has 1 aromatic rings. The van der Waals surface area contributed by atoms with E-state index in [2.05, 4.69) is 29.3 Å². The Bertz CT molecular complexity index is 471. The SMILES string of the molecule is CC(=O)SCC#Cc1ccc2c(c1)CCN2. The first-order valence-corrected chi connectivity index (χ1v) is 6.23. The number of carbonyl (C=O) groups is 1. The first-order chi connectivity index (χ1) is 7.75. The van der Waals surface area contributed by atoms with Gasteiger partial charge in [-0.25, -0.2) is 0 Å². The summed E-state index contributed by atoms with van der Waals surface area (Å²) >= 11 is 1.25. The predicted octanol–water partition coefficient (Wildman–Crippen LogP) is 2.29. The molecule has 0 amide bonds. The third-order valence-corrected chi connectivity index (χ3v) is 3.09. The Hall–Kier alpha value is -1.40. The number of hydrogen-bond donors (Lipinski definition) is 1. The highest BCUT2D eigenvalue weighted by Gasteiger charge is 2.08. The molecule has 1 aliphatic rings. The van der Waals surface area contributed by atoms with Gasteiger partial charge >= 0.3 is 0 Å². The van der Waals surface area contributed by atoms with Crippen LogP contribution >= 0.6 is 11.8 Å². The van der Waals surface area contributed by atoms with E-state index in [-0.39, 0.29) is 5.12 Å². The fourth-order valence-electron chi connectivity index (χ4n) is 1.66. The summed E-state index contributed by atoms with van der Waals surface area (Å²) in [5.41, 5.74) is 3.60. The molecule has 0 radical (unpaired) electrons. The van der Waals surface area contributed by atoms with Crippen LogP contribution in [0.4, 0.5) is 5.69 Å². The van der Waals surface area contributed by atoms with E-state index < -0.39 is 0 Å². The number of thioether (sulfide) groups is 1. The fourth-order valence-corrected chi connectivity index (χ4v) is 2.01. The highest BCUT2D eigenvalue weighted by molar-refractivity contribution is 8.13. The molecule has 0 fully saturated rings. The van der Waals surface area contributed by atoms with Crippen molar-refractivity contribution in [3.63, 3.8) is 0 Å². The van der Waals surface area contributed by atoms with Crippen molar-refractivity contribution in [2.45, 2.75) is 13.3 Å².